The summed E-state index contributed by atoms with van der Waals surface area (Å²) in [6, 6.07) is 10.3. The molecule has 1 fully saturated rings. The van der Waals surface area contributed by atoms with Gasteiger partial charge in [-0.15, -0.1) is 0 Å². The maximum Gasteiger partial charge on any atom is 0.236 e. The van der Waals surface area contributed by atoms with Crippen molar-refractivity contribution in [2.24, 2.45) is 0 Å². The molecule has 0 radical (unpaired) electrons. The minimum Gasteiger partial charge on any atom is -0.383 e. The first-order chi connectivity index (χ1) is 11.1. The van der Waals surface area contributed by atoms with Crippen molar-refractivity contribution in [3.05, 3.63) is 35.9 Å². The number of hydrogen-bond donors (Lipinski definition) is 0. The van der Waals surface area contributed by atoms with E-state index in [9.17, 15) is 4.79 Å². The van der Waals surface area contributed by atoms with Crippen LogP contribution in [0.1, 0.15) is 18.5 Å². The van der Waals surface area contributed by atoms with Crippen LogP contribution in [0.5, 0.6) is 0 Å². The summed E-state index contributed by atoms with van der Waals surface area (Å²) in [5, 5.41) is 0. The van der Waals surface area contributed by atoms with Gasteiger partial charge in [-0.05, 0) is 12.5 Å². The third-order valence-electron chi connectivity index (χ3n) is 4.69. The lowest BCUT2D eigenvalue weighted by Crippen LogP contribution is -2.50. The highest BCUT2D eigenvalue weighted by Crippen LogP contribution is 2.18. The summed E-state index contributed by atoms with van der Waals surface area (Å²) in [7, 11) is 3.63. The first-order valence-corrected chi connectivity index (χ1v) is 8.36. The molecule has 0 aromatic heterocycles. The van der Waals surface area contributed by atoms with Crippen LogP contribution in [0.15, 0.2) is 30.3 Å². The second kappa shape index (κ2) is 9.01. The van der Waals surface area contributed by atoms with Gasteiger partial charge in [0, 0.05) is 46.9 Å². The number of ether oxygens (including phenoxy) is 1. The molecule has 5 heteroatoms. The van der Waals surface area contributed by atoms with Gasteiger partial charge >= 0.3 is 0 Å². The van der Waals surface area contributed by atoms with Gasteiger partial charge in [0.2, 0.25) is 5.91 Å². The van der Waals surface area contributed by atoms with E-state index in [1.807, 2.05) is 30.1 Å². The lowest BCUT2D eigenvalue weighted by Gasteiger charge is -2.35. The lowest BCUT2D eigenvalue weighted by atomic mass is 10.1. The first kappa shape index (κ1) is 17.9. The summed E-state index contributed by atoms with van der Waals surface area (Å²) >= 11 is 0. The maximum atomic E-state index is 12.5. The quantitative estimate of drug-likeness (QED) is 0.762. The first-order valence-electron chi connectivity index (χ1n) is 8.36. The Morgan fingerprint density at radius 2 is 1.78 bits per heavy atom. The second-order valence-electron chi connectivity index (χ2n) is 6.20. The summed E-state index contributed by atoms with van der Waals surface area (Å²) in [5.41, 5.74) is 1.17. The Hall–Kier alpha value is -1.43. The van der Waals surface area contributed by atoms with Crippen molar-refractivity contribution in [2.45, 2.75) is 13.0 Å². The molecule has 1 atom stereocenters. The van der Waals surface area contributed by atoms with Gasteiger partial charge in [-0.2, -0.15) is 0 Å². The van der Waals surface area contributed by atoms with Crippen molar-refractivity contribution in [1.29, 1.82) is 0 Å². The number of benzene rings is 1. The number of hydrogen-bond acceptors (Lipinski definition) is 4. The van der Waals surface area contributed by atoms with Crippen LogP contribution in [-0.2, 0) is 9.53 Å². The maximum absolute atomic E-state index is 12.5. The third kappa shape index (κ3) is 5.30. The zero-order chi connectivity index (χ0) is 16.7. The second-order valence-corrected chi connectivity index (χ2v) is 6.20. The van der Waals surface area contributed by atoms with E-state index in [0.29, 0.717) is 6.54 Å². The molecule has 23 heavy (non-hydrogen) atoms. The minimum absolute atomic E-state index is 0.103. The zero-order valence-corrected chi connectivity index (χ0v) is 14.6. The lowest BCUT2D eigenvalue weighted by molar-refractivity contribution is -0.133. The number of nitrogens with zero attached hydrogens (tertiary/aromatic N) is 3. The zero-order valence-electron chi connectivity index (χ0n) is 14.6. The molecule has 1 aromatic carbocycles. The van der Waals surface area contributed by atoms with Gasteiger partial charge in [-0.3, -0.25) is 14.6 Å². The largest absolute Gasteiger partial charge is 0.383 e. The summed E-state index contributed by atoms with van der Waals surface area (Å²) in [5.74, 6) is 0.187. The number of carbonyl (C=O) groups is 1. The number of methoxy groups -OCH3 is 1. The van der Waals surface area contributed by atoms with Crippen LogP contribution in [-0.4, -0.2) is 80.6 Å². The topological polar surface area (TPSA) is 36.0 Å². The minimum atomic E-state index is 0.103. The molecule has 128 valence electrons. The van der Waals surface area contributed by atoms with Gasteiger partial charge in [0.25, 0.3) is 0 Å². The molecular weight excluding hydrogens is 290 g/mol. The van der Waals surface area contributed by atoms with Crippen LogP contribution >= 0.6 is 0 Å². The smallest absolute Gasteiger partial charge is 0.236 e. The fourth-order valence-electron chi connectivity index (χ4n) is 2.87. The van der Waals surface area contributed by atoms with Crippen LogP contribution in [0.4, 0.5) is 0 Å². The SMILES string of the molecule is COCCN1CCN(CC(=O)N(C)C(C)c2ccccc2)CC1. The molecule has 5 nitrogen and oxygen atoms in total. The van der Waals surface area contributed by atoms with Gasteiger partial charge in [-0.1, -0.05) is 30.3 Å². The van der Waals surface area contributed by atoms with Crippen LogP contribution in [0.25, 0.3) is 0 Å². The van der Waals surface area contributed by atoms with E-state index in [4.69, 9.17) is 4.74 Å². The average Bonchev–Trinajstić information content (AvgIpc) is 2.60. The van der Waals surface area contributed by atoms with Gasteiger partial charge in [0.05, 0.1) is 19.2 Å². The summed E-state index contributed by atoms with van der Waals surface area (Å²) < 4.78 is 5.12. The molecule has 0 spiro atoms. The van der Waals surface area contributed by atoms with E-state index in [1.165, 1.54) is 5.56 Å². The molecule has 1 aliphatic heterocycles. The van der Waals surface area contributed by atoms with Gasteiger partial charge in [-0.25, -0.2) is 0 Å². The molecule has 0 bridgehead atoms. The average molecular weight is 319 g/mol. The summed E-state index contributed by atoms with van der Waals surface area (Å²) in [6.07, 6.45) is 0. The molecular formula is C18H29N3O2. The molecule has 1 heterocycles. The van der Waals surface area contributed by atoms with Gasteiger partial charge in [0.15, 0.2) is 0 Å². The fraction of sp³-hybridized carbons (Fsp3) is 0.611. The highest BCUT2D eigenvalue weighted by Gasteiger charge is 2.22. The van der Waals surface area contributed by atoms with E-state index in [2.05, 4.69) is 28.9 Å². The molecule has 1 unspecified atom stereocenters. The monoisotopic (exact) mass is 319 g/mol. The summed E-state index contributed by atoms with van der Waals surface area (Å²) in [4.78, 5) is 19.0. The van der Waals surface area contributed by atoms with Crippen LogP contribution in [0.3, 0.4) is 0 Å². The Bertz CT molecular complexity index is 472. The number of piperazine rings is 1. The number of carbonyl (C=O) groups excluding carboxylic acids is 1. The van der Waals surface area contributed by atoms with E-state index in [0.717, 1.165) is 39.3 Å². The highest BCUT2D eigenvalue weighted by molar-refractivity contribution is 5.78. The fourth-order valence-corrected chi connectivity index (χ4v) is 2.87. The van der Waals surface area contributed by atoms with Crippen LogP contribution < -0.4 is 0 Å². The molecule has 0 N–H and O–H groups in total. The van der Waals surface area contributed by atoms with E-state index < -0.39 is 0 Å². The van der Waals surface area contributed by atoms with Gasteiger partial charge in [0.1, 0.15) is 0 Å². The molecule has 1 aliphatic rings. The van der Waals surface area contributed by atoms with Gasteiger partial charge < -0.3 is 9.64 Å². The predicted molar refractivity (Wildman–Crippen MR) is 92.4 cm³/mol. The van der Waals surface area contributed by atoms with E-state index in [-0.39, 0.29) is 11.9 Å². The Balaban J connectivity index is 1.78. The predicted octanol–water partition coefficient (Wildman–Crippen LogP) is 1.47. The molecule has 1 saturated heterocycles. The highest BCUT2D eigenvalue weighted by atomic mass is 16.5. The molecule has 0 saturated carbocycles. The number of amides is 1. The Kier molecular flexibility index (Phi) is 7.02. The standard InChI is InChI=1S/C18H29N3O2/c1-16(17-7-5-4-6-8-17)19(2)18(22)15-21-11-9-20(10-12-21)13-14-23-3/h4-8,16H,9-15H2,1-3H3. The van der Waals surface area contributed by atoms with E-state index in [1.54, 1.807) is 7.11 Å². The molecule has 2 rings (SSSR count). The van der Waals surface area contributed by atoms with Crippen molar-refractivity contribution in [3.8, 4) is 0 Å². The van der Waals surface area contributed by atoms with Crippen molar-refractivity contribution < 1.29 is 9.53 Å². The van der Waals surface area contributed by atoms with Crippen molar-refractivity contribution in [2.75, 3.05) is 60.0 Å². The van der Waals surface area contributed by atoms with Crippen molar-refractivity contribution >= 4 is 5.91 Å². The van der Waals surface area contributed by atoms with Crippen molar-refractivity contribution in [1.82, 2.24) is 14.7 Å². The van der Waals surface area contributed by atoms with E-state index >= 15 is 0 Å². The van der Waals surface area contributed by atoms with Crippen LogP contribution in [0.2, 0.25) is 0 Å². The summed E-state index contributed by atoms with van der Waals surface area (Å²) in [6.45, 7) is 8.25. The molecule has 0 aliphatic carbocycles. The third-order valence-corrected chi connectivity index (χ3v) is 4.69. The van der Waals surface area contributed by atoms with Crippen LogP contribution in [0, 0.1) is 0 Å². The Labute approximate surface area is 139 Å². The Morgan fingerprint density at radius 1 is 1.17 bits per heavy atom. The van der Waals surface area contributed by atoms with Crippen molar-refractivity contribution in [3.63, 3.8) is 0 Å². The Morgan fingerprint density at radius 3 is 2.39 bits per heavy atom. The number of likely N-dealkylation sites (N-methyl/N-ethyl adjacent to an activating group) is 1. The normalized spacial score (nSPS) is 17.9. The number of rotatable bonds is 7. The molecule has 1 amide bonds. The molecule has 1 aromatic rings.